The van der Waals surface area contributed by atoms with E-state index in [1.807, 2.05) is 35.9 Å². The lowest BCUT2D eigenvalue weighted by Crippen LogP contribution is -2.26. The van der Waals surface area contributed by atoms with Gasteiger partial charge in [0.1, 0.15) is 5.65 Å². The highest BCUT2D eigenvalue weighted by atomic mass is 35.5. The minimum atomic E-state index is -3.56. The van der Waals surface area contributed by atoms with Crippen LogP contribution in [-0.2, 0) is 16.4 Å². The minimum absolute atomic E-state index is 0.163. The number of benzene rings is 1. The van der Waals surface area contributed by atoms with Crippen molar-refractivity contribution < 1.29 is 8.42 Å². The second kappa shape index (κ2) is 6.31. The maximum atomic E-state index is 12.2. The van der Waals surface area contributed by atoms with Crippen LogP contribution in [0.3, 0.4) is 0 Å². The van der Waals surface area contributed by atoms with E-state index in [9.17, 15) is 8.42 Å². The first-order chi connectivity index (χ1) is 10.9. The molecule has 0 unspecified atom stereocenters. The van der Waals surface area contributed by atoms with E-state index in [1.54, 1.807) is 12.1 Å². The average Bonchev–Trinajstić information content (AvgIpc) is 2.89. The summed E-state index contributed by atoms with van der Waals surface area (Å²) in [6.45, 7) is 2.29. The van der Waals surface area contributed by atoms with E-state index in [2.05, 4.69) is 9.71 Å². The molecule has 0 aliphatic carbocycles. The van der Waals surface area contributed by atoms with Gasteiger partial charge in [-0.1, -0.05) is 23.7 Å². The smallest absolute Gasteiger partial charge is 0.240 e. The van der Waals surface area contributed by atoms with Crippen molar-refractivity contribution in [3.05, 3.63) is 65.1 Å². The number of aryl methyl sites for hydroxylation is 1. The summed E-state index contributed by atoms with van der Waals surface area (Å²) in [6.07, 6.45) is 4.42. The van der Waals surface area contributed by atoms with Crippen LogP contribution in [0.4, 0.5) is 0 Å². The van der Waals surface area contributed by atoms with Crippen LogP contribution < -0.4 is 4.72 Å². The molecule has 1 N–H and O–H groups in total. The van der Waals surface area contributed by atoms with Gasteiger partial charge in [0.2, 0.25) is 10.0 Å². The van der Waals surface area contributed by atoms with Gasteiger partial charge in [-0.2, -0.15) is 0 Å². The van der Waals surface area contributed by atoms with E-state index in [4.69, 9.17) is 11.6 Å². The predicted molar refractivity (Wildman–Crippen MR) is 90.3 cm³/mol. The van der Waals surface area contributed by atoms with Crippen LogP contribution in [0.2, 0.25) is 5.02 Å². The highest BCUT2D eigenvalue weighted by Crippen LogP contribution is 2.15. The molecule has 0 atom stereocenters. The molecule has 3 aromatic rings. The van der Waals surface area contributed by atoms with Crippen LogP contribution in [0, 0.1) is 6.92 Å². The molecule has 0 spiro atoms. The Hall–Kier alpha value is -1.89. The number of sulfonamides is 1. The molecule has 1 aromatic carbocycles. The first-order valence-electron chi connectivity index (χ1n) is 7.13. The molecule has 0 radical (unpaired) electrons. The Balaban J connectivity index is 1.68. The van der Waals surface area contributed by atoms with Crippen molar-refractivity contribution in [3.63, 3.8) is 0 Å². The maximum Gasteiger partial charge on any atom is 0.240 e. The summed E-state index contributed by atoms with van der Waals surface area (Å²) >= 11 is 5.83. The van der Waals surface area contributed by atoms with Crippen LogP contribution in [0.15, 0.2) is 53.7 Å². The molecule has 0 aliphatic heterocycles. The van der Waals surface area contributed by atoms with E-state index in [0.717, 1.165) is 16.9 Å². The van der Waals surface area contributed by atoms with Gasteiger partial charge in [0.25, 0.3) is 0 Å². The Morgan fingerprint density at radius 2 is 2.04 bits per heavy atom. The van der Waals surface area contributed by atoms with Crippen LogP contribution >= 0.6 is 11.6 Å². The first-order valence-corrected chi connectivity index (χ1v) is 9.00. The van der Waals surface area contributed by atoms with Crippen molar-refractivity contribution in [2.75, 3.05) is 6.54 Å². The number of pyridine rings is 1. The second-order valence-corrected chi connectivity index (χ2v) is 7.51. The van der Waals surface area contributed by atoms with Gasteiger partial charge in [0.15, 0.2) is 0 Å². The molecule has 23 heavy (non-hydrogen) atoms. The van der Waals surface area contributed by atoms with Crippen LogP contribution in [0.5, 0.6) is 0 Å². The van der Waals surface area contributed by atoms with Gasteiger partial charge in [-0.05, 0) is 36.8 Å². The number of aromatic nitrogens is 2. The van der Waals surface area contributed by atoms with Crippen LogP contribution in [-0.4, -0.2) is 24.3 Å². The summed E-state index contributed by atoms with van der Waals surface area (Å²) in [5.74, 6) is 0. The number of nitrogens with one attached hydrogen (secondary N) is 1. The summed E-state index contributed by atoms with van der Waals surface area (Å²) in [4.78, 5) is 4.63. The topological polar surface area (TPSA) is 63.5 Å². The summed E-state index contributed by atoms with van der Waals surface area (Å²) in [5.41, 5.74) is 2.83. The molecule has 3 rings (SSSR count). The Kier molecular flexibility index (Phi) is 4.39. The normalized spacial score (nSPS) is 11.9. The second-order valence-electron chi connectivity index (χ2n) is 5.31. The fourth-order valence-electron chi connectivity index (χ4n) is 2.31. The van der Waals surface area contributed by atoms with E-state index in [1.165, 1.54) is 12.1 Å². The predicted octanol–water partition coefficient (Wildman–Crippen LogP) is 2.82. The third kappa shape index (κ3) is 3.72. The lowest BCUT2D eigenvalue weighted by Gasteiger charge is -2.06. The zero-order valence-corrected chi connectivity index (χ0v) is 14.1. The van der Waals surface area contributed by atoms with Gasteiger partial charge < -0.3 is 4.40 Å². The van der Waals surface area contributed by atoms with Crippen molar-refractivity contribution in [1.82, 2.24) is 14.1 Å². The maximum absolute atomic E-state index is 12.2. The summed E-state index contributed by atoms with van der Waals surface area (Å²) in [7, 11) is -3.56. The van der Waals surface area contributed by atoms with Crippen molar-refractivity contribution >= 4 is 27.3 Å². The highest BCUT2D eigenvalue weighted by Gasteiger charge is 2.14. The van der Waals surface area contributed by atoms with Gasteiger partial charge in [-0.3, -0.25) is 0 Å². The fraction of sp³-hybridized carbons (Fsp3) is 0.188. The molecule has 0 saturated carbocycles. The third-order valence-corrected chi connectivity index (χ3v) is 5.12. The number of halogens is 1. The zero-order chi connectivity index (χ0) is 16.4. The molecule has 2 aromatic heterocycles. The van der Waals surface area contributed by atoms with Gasteiger partial charge in [-0.15, -0.1) is 0 Å². The van der Waals surface area contributed by atoms with Crippen molar-refractivity contribution in [2.24, 2.45) is 0 Å². The van der Waals surface area contributed by atoms with Crippen molar-refractivity contribution in [3.8, 4) is 0 Å². The number of rotatable bonds is 5. The van der Waals surface area contributed by atoms with Gasteiger partial charge in [-0.25, -0.2) is 18.1 Å². The van der Waals surface area contributed by atoms with Crippen LogP contribution in [0.1, 0.15) is 11.3 Å². The molecule has 0 saturated heterocycles. The monoisotopic (exact) mass is 349 g/mol. The van der Waals surface area contributed by atoms with E-state index < -0.39 is 10.0 Å². The quantitative estimate of drug-likeness (QED) is 0.770. The number of fused-ring (bicyclic) bond motifs is 1. The number of imidazole rings is 1. The molecule has 120 valence electrons. The summed E-state index contributed by atoms with van der Waals surface area (Å²) in [6, 6.07) is 10.1. The SMILES string of the molecule is Cc1ccc2nc(CCNS(=O)(=O)c3cccc(Cl)c3)cn2c1. The number of nitrogens with zero attached hydrogens (tertiary/aromatic N) is 2. The van der Waals surface area contributed by atoms with Gasteiger partial charge >= 0.3 is 0 Å². The van der Waals surface area contributed by atoms with E-state index in [0.29, 0.717) is 11.4 Å². The molecule has 0 amide bonds. The summed E-state index contributed by atoms with van der Waals surface area (Å²) < 4.78 is 28.9. The molecule has 0 fully saturated rings. The van der Waals surface area contributed by atoms with Crippen molar-refractivity contribution in [2.45, 2.75) is 18.2 Å². The van der Waals surface area contributed by atoms with E-state index >= 15 is 0 Å². The number of hydrogen-bond donors (Lipinski definition) is 1. The zero-order valence-electron chi connectivity index (χ0n) is 12.5. The van der Waals surface area contributed by atoms with Crippen LogP contribution in [0.25, 0.3) is 5.65 Å². The molecule has 0 bridgehead atoms. The fourth-order valence-corrected chi connectivity index (χ4v) is 3.64. The Morgan fingerprint density at radius 1 is 1.22 bits per heavy atom. The minimum Gasteiger partial charge on any atom is -0.307 e. The molecular formula is C16H16ClN3O2S. The Labute approximate surface area is 140 Å². The molecule has 5 nitrogen and oxygen atoms in total. The average molecular weight is 350 g/mol. The van der Waals surface area contributed by atoms with Gasteiger partial charge in [0.05, 0.1) is 10.6 Å². The van der Waals surface area contributed by atoms with Crippen molar-refractivity contribution in [1.29, 1.82) is 0 Å². The Bertz CT molecular complexity index is 951. The first kappa shape index (κ1) is 16.0. The largest absolute Gasteiger partial charge is 0.307 e. The van der Waals surface area contributed by atoms with Gasteiger partial charge in [0, 0.05) is 30.4 Å². The number of hydrogen-bond acceptors (Lipinski definition) is 3. The lowest BCUT2D eigenvalue weighted by molar-refractivity contribution is 0.581. The standard InChI is InChI=1S/C16H16ClN3O2S/c1-12-5-6-16-19-14(11-20(16)10-12)7-8-18-23(21,22)15-4-2-3-13(17)9-15/h2-6,9-11,18H,7-8H2,1H3. The third-order valence-electron chi connectivity index (χ3n) is 3.43. The lowest BCUT2D eigenvalue weighted by atomic mass is 10.3. The summed E-state index contributed by atoms with van der Waals surface area (Å²) in [5, 5.41) is 0.392. The molecule has 0 aliphatic rings. The molecule has 2 heterocycles. The van der Waals surface area contributed by atoms with E-state index in [-0.39, 0.29) is 11.4 Å². The highest BCUT2D eigenvalue weighted by molar-refractivity contribution is 7.89. The Morgan fingerprint density at radius 3 is 2.83 bits per heavy atom. The molecular weight excluding hydrogens is 334 g/mol. The molecule has 7 heteroatoms.